The number of rotatable bonds is 6. The van der Waals surface area contributed by atoms with Crippen molar-refractivity contribution in [3.63, 3.8) is 0 Å². The van der Waals surface area contributed by atoms with Crippen LogP contribution in [-0.2, 0) is 4.74 Å². The molecule has 0 aliphatic rings. The van der Waals surface area contributed by atoms with Crippen molar-refractivity contribution in [2.45, 2.75) is 6.92 Å². The zero-order valence-corrected chi connectivity index (χ0v) is 12.2. The van der Waals surface area contributed by atoms with Crippen LogP contribution in [0.15, 0.2) is 30.5 Å². The van der Waals surface area contributed by atoms with Crippen molar-refractivity contribution in [3.8, 4) is 0 Å². The minimum atomic E-state index is 0.540. The van der Waals surface area contributed by atoms with E-state index in [2.05, 4.69) is 20.6 Å². The molecule has 5 nitrogen and oxygen atoms in total. The summed E-state index contributed by atoms with van der Waals surface area (Å²) in [7, 11) is 1.66. The molecule has 6 heteroatoms. The minimum Gasteiger partial charge on any atom is -0.383 e. The molecule has 2 aromatic rings. The molecule has 0 fully saturated rings. The lowest BCUT2D eigenvalue weighted by atomic mass is 10.2. The maximum atomic E-state index is 5.94. The molecule has 0 unspecified atom stereocenters. The second-order valence-electron chi connectivity index (χ2n) is 4.27. The average Bonchev–Trinajstić information content (AvgIpc) is 2.43. The zero-order valence-electron chi connectivity index (χ0n) is 11.5. The summed E-state index contributed by atoms with van der Waals surface area (Å²) in [5.41, 5.74) is 1.97. The number of methoxy groups -OCH3 is 1. The maximum absolute atomic E-state index is 5.94. The van der Waals surface area contributed by atoms with Crippen molar-refractivity contribution in [2.24, 2.45) is 0 Å². The molecule has 0 spiro atoms. The number of ether oxygens (including phenoxy) is 1. The molecule has 0 aliphatic carbocycles. The Bertz CT molecular complexity index is 577. The Morgan fingerprint density at radius 2 is 2.15 bits per heavy atom. The van der Waals surface area contributed by atoms with Crippen LogP contribution in [0, 0.1) is 6.92 Å². The molecule has 2 rings (SSSR count). The highest BCUT2D eigenvalue weighted by Gasteiger charge is 2.03. The van der Waals surface area contributed by atoms with Gasteiger partial charge < -0.3 is 15.4 Å². The van der Waals surface area contributed by atoms with Crippen LogP contribution >= 0.6 is 11.6 Å². The largest absolute Gasteiger partial charge is 0.383 e. The van der Waals surface area contributed by atoms with Crippen LogP contribution in [0.4, 0.5) is 17.5 Å². The molecular weight excluding hydrogens is 276 g/mol. The predicted molar refractivity (Wildman–Crippen MR) is 81.9 cm³/mol. The van der Waals surface area contributed by atoms with E-state index in [0.29, 0.717) is 24.1 Å². The lowest BCUT2D eigenvalue weighted by Gasteiger charge is -2.10. The third-order valence-electron chi connectivity index (χ3n) is 2.70. The molecule has 0 atom stereocenters. The Morgan fingerprint density at radius 1 is 1.30 bits per heavy atom. The van der Waals surface area contributed by atoms with Gasteiger partial charge in [0.05, 0.1) is 6.61 Å². The Hall–Kier alpha value is -1.85. The fourth-order valence-corrected chi connectivity index (χ4v) is 1.91. The fourth-order valence-electron chi connectivity index (χ4n) is 1.69. The predicted octanol–water partition coefficient (Wildman–Crippen LogP) is 3.24. The van der Waals surface area contributed by atoms with Gasteiger partial charge in [0.2, 0.25) is 5.95 Å². The van der Waals surface area contributed by atoms with Crippen molar-refractivity contribution in [1.82, 2.24) is 9.97 Å². The van der Waals surface area contributed by atoms with E-state index in [1.807, 2.05) is 31.2 Å². The summed E-state index contributed by atoms with van der Waals surface area (Å²) in [5, 5.41) is 7.05. The standard InChI is InChI=1S/C14H17ClN4O/c1-10-9-11(15)3-4-12(10)18-14-17-6-5-13(19-14)16-7-8-20-2/h3-6,9H,7-8H2,1-2H3,(H2,16,17,18,19). The van der Waals surface area contributed by atoms with Gasteiger partial charge in [-0.3, -0.25) is 0 Å². The van der Waals surface area contributed by atoms with Crippen LogP contribution in [0.2, 0.25) is 5.02 Å². The first kappa shape index (κ1) is 14.6. The smallest absolute Gasteiger partial charge is 0.229 e. The van der Waals surface area contributed by atoms with Gasteiger partial charge in [-0.1, -0.05) is 11.6 Å². The quantitative estimate of drug-likeness (QED) is 0.801. The van der Waals surface area contributed by atoms with Gasteiger partial charge in [-0.15, -0.1) is 0 Å². The van der Waals surface area contributed by atoms with Gasteiger partial charge in [-0.25, -0.2) is 4.98 Å². The molecule has 1 heterocycles. The summed E-state index contributed by atoms with van der Waals surface area (Å²) < 4.78 is 4.98. The van der Waals surface area contributed by atoms with Gasteiger partial charge in [0.1, 0.15) is 5.82 Å². The van der Waals surface area contributed by atoms with E-state index < -0.39 is 0 Å². The first-order valence-electron chi connectivity index (χ1n) is 6.28. The minimum absolute atomic E-state index is 0.540. The fraction of sp³-hybridized carbons (Fsp3) is 0.286. The Kier molecular flexibility index (Phi) is 5.15. The third kappa shape index (κ3) is 4.08. The lowest BCUT2D eigenvalue weighted by molar-refractivity contribution is 0.210. The summed E-state index contributed by atoms with van der Waals surface area (Å²) in [5.74, 6) is 1.30. The molecule has 0 bridgehead atoms. The van der Waals surface area contributed by atoms with Crippen LogP contribution in [0.1, 0.15) is 5.56 Å². The van der Waals surface area contributed by atoms with E-state index in [1.54, 1.807) is 13.3 Å². The van der Waals surface area contributed by atoms with Crippen molar-refractivity contribution in [3.05, 3.63) is 41.0 Å². The summed E-state index contributed by atoms with van der Waals surface area (Å²) in [6.07, 6.45) is 1.70. The van der Waals surface area contributed by atoms with E-state index in [4.69, 9.17) is 16.3 Å². The Balaban J connectivity index is 2.07. The molecule has 1 aromatic carbocycles. The highest BCUT2D eigenvalue weighted by molar-refractivity contribution is 6.30. The van der Waals surface area contributed by atoms with Crippen LogP contribution in [-0.4, -0.2) is 30.2 Å². The molecule has 0 saturated heterocycles. The number of anilines is 3. The molecule has 0 saturated carbocycles. The number of nitrogens with one attached hydrogen (secondary N) is 2. The third-order valence-corrected chi connectivity index (χ3v) is 2.94. The SMILES string of the molecule is COCCNc1ccnc(Nc2ccc(Cl)cc2C)n1. The van der Waals surface area contributed by atoms with Crippen molar-refractivity contribution >= 4 is 29.1 Å². The van der Waals surface area contributed by atoms with Crippen molar-refractivity contribution < 1.29 is 4.74 Å². The number of hydrogen-bond acceptors (Lipinski definition) is 5. The molecule has 0 aliphatic heterocycles. The van der Waals surface area contributed by atoms with Crippen LogP contribution in [0.25, 0.3) is 0 Å². The van der Waals surface area contributed by atoms with Crippen LogP contribution in [0.5, 0.6) is 0 Å². The van der Waals surface area contributed by atoms with E-state index in [1.165, 1.54) is 0 Å². The van der Waals surface area contributed by atoms with Gasteiger partial charge in [0, 0.05) is 30.6 Å². The molecule has 106 valence electrons. The first-order valence-corrected chi connectivity index (χ1v) is 6.66. The number of aromatic nitrogens is 2. The van der Waals surface area contributed by atoms with Crippen molar-refractivity contribution in [1.29, 1.82) is 0 Å². The average molecular weight is 293 g/mol. The molecular formula is C14H17ClN4O. The number of aryl methyl sites for hydroxylation is 1. The molecule has 2 N–H and O–H groups in total. The summed E-state index contributed by atoms with van der Waals surface area (Å²) in [4.78, 5) is 8.58. The topological polar surface area (TPSA) is 59.1 Å². The highest BCUT2D eigenvalue weighted by atomic mass is 35.5. The number of hydrogen-bond donors (Lipinski definition) is 2. The molecule has 1 aromatic heterocycles. The van der Waals surface area contributed by atoms with E-state index in [-0.39, 0.29) is 0 Å². The Labute approximate surface area is 123 Å². The lowest BCUT2D eigenvalue weighted by Crippen LogP contribution is -2.09. The summed E-state index contributed by atoms with van der Waals surface area (Å²) in [6.45, 7) is 3.31. The number of nitrogens with zero attached hydrogens (tertiary/aromatic N) is 2. The molecule has 0 radical (unpaired) electrons. The first-order chi connectivity index (χ1) is 9.69. The van der Waals surface area contributed by atoms with Gasteiger partial charge >= 0.3 is 0 Å². The van der Waals surface area contributed by atoms with Gasteiger partial charge in [-0.2, -0.15) is 4.98 Å². The van der Waals surface area contributed by atoms with Crippen molar-refractivity contribution in [2.75, 3.05) is 30.9 Å². The number of benzene rings is 1. The van der Waals surface area contributed by atoms with E-state index in [0.717, 1.165) is 17.1 Å². The zero-order chi connectivity index (χ0) is 14.4. The Morgan fingerprint density at radius 3 is 2.90 bits per heavy atom. The van der Waals surface area contributed by atoms with Gasteiger partial charge in [0.25, 0.3) is 0 Å². The summed E-state index contributed by atoms with van der Waals surface area (Å²) >= 11 is 5.94. The van der Waals surface area contributed by atoms with Crippen LogP contribution < -0.4 is 10.6 Å². The van der Waals surface area contributed by atoms with Gasteiger partial charge in [-0.05, 0) is 36.8 Å². The highest BCUT2D eigenvalue weighted by Crippen LogP contribution is 2.22. The number of halogens is 1. The normalized spacial score (nSPS) is 10.3. The molecule has 0 amide bonds. The second kappa shape index (κ2) is 7.07. The molecule has 20 heavy (non-hydrogen) atoms. The second-order valence-corrected chi connectivity index (χ2v) is 4.71. The monoisotopic (exact) mass is 292 g/mol. The van der Waals surface area contributed by atoms with E-state index in [9.17, 15) is 0 Å². The maximum Gasteiger partial charge on any atom is 0.229 e. The van der Waals surface area contributed by atoms with Crippen LogP contribution in [0.3, 0.4) is 0 Å². The van der Waals surface area contributed by atoms with Gasteiger partial charge in [0.15, 0.2) is 0 Å². The summed E-state index contributed by atoms with van der Waals surface area (Å²) in [6, 6.07) is 7.45. The van der Waals surface area contributed by atoms with E-state index >= 15 is 0 Å².